The van der Waals surface area contributed by atoms with E-state index in [1.807, 2.05) is 30.3 Å². The second-order valence-electron chi connectivity index (χ2n) is 9.26. The number of ether oxygens (including phenoxy) is 2. The SMILES string of the molecule is CC(C)(C)OC(=O)C(N)CN(CC(=O)O)C(=O)Cn1cnc2c(NC(=O)OCc3ccccc3)ncnc21. The largest absolute Gasteiger partial charge is 0.480 e. The summed E-state index contributed by atoms with van der Waals surface area (Å²) >= 11 is 0. The number of hydrogen-bond acceptors (Lipinski definition) is 10. The summed E-state index contributed by atoms with van der Waals surface area (Å²) in [4.78, 5) is 62.1. The number of carbonyl (C=O) groups excluding carboxylic acids is 3. The number of benzene rings is 1. The molecular formula is C24H29N7O7. The number of carbonyl (C=O) groups is 4. The van der Waals surface area contributed by atoms with Crippen LogP contribution in [-0.2, 0) is 37.0 Å². The van der Waals surface area contributed by atoms with Crippen LogP contribution in [0, 0.1) is 0 Å². The van der Waals surface area contributed by atoms with Gasteiger partial charge in [0.1, 0.15) is 37.7 Å². The van der Waals surface area contributed by atoms with Crippen LogP contribution in [0.25, 0.3) is 11.2 Å². The Bertz CT molecular complexity index is 1300. The third kappa shape index (κ3) is 7.96. The molecule has 1 unspecified atom stereocenters. The monoisotopic (exact) mass is 527 g/mol. The first-order valence-electron chi connectivity index (χ1n) is 11.5. The van der Waals surface area contributed by atoms with Gasteiger partial charge in [-0.25, -0.2) is 19.7 Å². The molecule has 0 spiro atoms. The van der Waals surface area contributed by atoms with Crippen LogP contribution in [0.1, 0.15) is 26.3 Å². The Morgan fingerprint density at radius 1 is 1.13 bits per heavy atom. The summed E-state index contributed by atoms with van der Waals surface area (Å²) in [5.74, 6) is -2.64. The number of rotatable bonds is 10. The van der Waals surface area contributed by atoms with E-state index in [1.54, 1.807) is 20.8 Å². The fraction of sp³-hybridized carbons (Fsp3) is 0.375. The standard InChI is InChI=1S/C24H29N7O7/c1-24(2,3)38-22(35)16(25)9-30(11-18(33)34)17(32)10-31-14-28-19-20(26-13-27-21(19)31)29-23(36)37-12-15-7-5-4-6-8-15/h4-8,13-14,16H,9-12,25H2,1-3H3,(H,33,34)(H,26,27,29,36). The number of aliphatic carboxylic acids is 1. The number of nitrogens with zero attached hydrogens (tertiary/aromatic N) is 5. The molecule has 0 fully saturated rings. The van der Waals surface area contributed by atoms with Crippen molar-refractivity contribution in [1.82, 2.24) is 24.4 Å². The van der Waals surface area contributed by atoms with E-state index in [1.165, 1.54) is 17.2 Å². The number of nitrogens with two attached hydrogens (primary N) is 1. The maximum absolute atomic E-state index is 13.0. The van der Waals surface area contributed by atoms with Crippen molar-refractivity contribution in [1.29, 1.82) is 0 Å². The highest BCUT2D eigenvalue weighted by Crippen LogP contribution is 2.18. The fourth-order valence-corrected chi connectivity index (χ4v) is 3.30. The number of esters is 1. The molecule has 3 rings (SSSR count). The predicted octanol–water partition coefficient (Wildman–Crippen LogP) is 1.16. The number of fused-ring (bicyclic) bond motifs is 1. The minimum absolute atomic E-state index is 0.0503. The first-order valence-corrected chi connectivity index (χ1v) is 11.5. The summed E-state index contributed by atoms with van der Waals surface area (Å²) in [5.41, 5.74) is 6.27. The molecular weight excluding hydrogens is 498 g/mol. The number of carboxylic acid groups (broad SMARTS) is 1. The molecule has 14 heteroatoms. The van der Waals surface area contributed by atoms with Crippen LogP contribution in [0.4, 0.5) is 10.6 Å². The molecule has 1 atom stereocenters. The Hall–Kier alpha value is -4.59. The summed E-state index contributed by atoms with van der Waals surface area (Å²) in [7, 11) is 0. The molecule has 0 saturated heterocycles. The number of aromatic nitrogens is 4. The summed E-state index contributed by atoms with van der Waals surface area (Å²) in [5, 5.41) is 11.8. The number of nitrogens with one attached hydrogen (secondary N) is 1. The average molecular weight is 528 g/mol. The third-order valence-corrected chi connectivity index (χ3v) is 4.95. The van der Waals surface area contributed by atoms with Crippen LogP contribution < -0.4 is 11.1 Å². The number of anilines is 1. The highest BCUT2D eigenvalue weighted by Gasteiger charge is 2.27. The highest BCUT2D eigenvalue weighted by atomic mass is 16.6. The minimum Gasteiger partial charge on any atom is -0.480 e. The molecule has 2 aromatic heterocycles. The van der Waals surface area contributed by atoms with Crippen molar-refractivity contribution in [3.8, 4) is 0 Å². The Kier molecular flexibility index (Phi) is 8.91. The molecule has 0 aliphatic heterocycles. The lowest BCUT2D eigenvalue weighted by Gasteiger charge is -2.26. The minimum atomic E-state index is -1.28. The number of carboxylic acids is 1. The van der Waals surface area contributed by atoms with Gasteiger partial charge in [0.2, 0.25) is 5.91 Å². The third-order valence-electron chi connectivity index (χ3n) is 4.95. The van der Waals surface area contributed by atoms with E-state index in [2.05, 4.69) is 20.3 Å². The lowest BCUT2D eigenvalue weighted by molar-refractivity contribution is -0.158. The topological polar surface area (TPSA) is 192 Å². The normalized spacial score (nSPS) is 12.0. The van der Waals surface area contributed by atoms with Crippen LogP contribution in [0.3, 0.4) is 0 Å². The lowest BCUT2D eigenvalue weighted by Crippen LogP contribution is -2.49. The van der Waals surface area contributed by atoms with Crippen molar-refractivity contribution in [2.24, 2.45) is 5.73 Å². The van der Waals surface area contributed by atoms with E-state index in [9.17, 15) is 24.3 Å². The van der Waals surface area contributed by atoms with Crippen LogP contribution >= 0.6 is 0 Å². The van der Waals surface area contributed by atoms with Crippen LogP contribution in [0.15, 0.2) is 43.0 Å². The summed E-state index contributed by atoms with van der Waals surface area (Å²) in [6.07, 6.45) is 1.71. The molecule has 1 aromatic carbocycles. The van der Waals surface area contributed by atoms with Crippen LogP contribution in [0.5, 0.6) is 0 Å². The van der Waals surface area contributed by atoms with Gasteiger partial charge >= 0.3 is 18.0 Å². The molecule has 0 aliphatic carbocycles. The van der Waals surface area contributed by atoms with Gasteiger partial charge in [-0.3, -0.25) is 19.7 Å². The zero-order valence-corrected chi connectivity index (χ0v) is 21.2. The van der Waals surface area contributed by atoms with E-state index in [0.717, 1.165) is 10.5 Å². The Morgan fingerprint density at radius 2 is 1.84 bits per heavy atom. The van der Waals surface area contributed by atoms with Gasteiger partial charge in [0.15, 0.2) is 17.0 Å². The molecule has 2 amide bonds. The van der Waals surface area contributed by atoms with Crippen molar-refractivity contribution in [3.05, 3.63) is 48.5 Å². The second kappa shape index (κ2) is 12.1. The Labute approximate surface area is 217 Å². The molecule has 14 nitrogen and oxygen atoms in total. The van der Waals surface area contributed by atoms with Gasteiger partial charge in [0.25, 0.3) is 0 Å². The molecule has 0 saturated carbocycles. The van der Waals surface area contributed by atoms with Gasteiger partial charge in [-0.1, -0.05) is 30.3 Å². The highest BCUT2D eigenvalue weighted by molar-refractivity contribution is 5.93. The first kappa shape index (κ1) is 28.0. The molecule has 202 valence electrons. The number of imidazole rings is 1. The Morgan fingerprint density at radius 3 is 2.50 bits per heavy atom. The molecule has 2 heterocycles. The molecule has 3 aromatic rings. The van der Waals surface area contributed by atoms with Crippen LogP contribution in [-0.4, -0.2) is 78.2 Å². The van der Waals surface area contributed by atoms with E-state index < -0.39 is 42.1 Å². The van der Waals surface area contributed by atoms with Crippen molar-refractivity contribution < 1.29 is 33.8 Å². The molecule has 0 radical (unpaired) electrons. The lowest BCUT2D eigenvalue weighted by atomic mass is 10.2. The fourth-order valence-electron chi connectivity index (χ4n) is 3.30. The molecule has 0 aliphatic rings. The van der Waals surface area contributed by atoms with Gasteiger partial charge < -0.3 is 29.8 Å². The van der Waals surface area contributed by atoms with Crippen molar-refractivity contribution in [2.45, 2.75) is 45.6 Å². The summed E-state index contributed by atoms with van der Waals surface area (Å²) in [6.45, 7) is 3.62. The average Bonchev–Trinajstić information content (AvgIpc) is 3.25. The molecule has 4 N–H and O–H groups in total. The van der Waals surface area contributed by atoms with E-state index in [0.29, 0.717) is 0 Å². The maximum atomic E-state index is 13.0. The van der Waals surface area contributed by atoms with Crippen molar-refractivity contribution in [2.75, 3.05) is 18.4 Å². The predicted molar refractivity (Wildman–Crippen MR) is 134 cm³/mol. The van der Waals surface area contributed by atoms with Crippen LogP contribution in [0.2, 0.25) is 0 Å². The quantitative estimate of drug-likeness (QED) is 0.320. The van der Waals surface area contributed by atoms with E-state index in [-0.39, 0.29) is 36.7 Å². The smallest absolute Gasteiger partial charge is 0.413 e. The van der Waals surface area contributed by atoms with Crippen molar-refractivity contribution in [3.63, 3.8) is 0 Å². The van der Waals surface area contributed by atoms with E-state index in [4.69, 9.17) is 15.2 Å². The molecule has 0 bridgehead atoms. The molecule has 38 heavy (non-hydrogen) atoms. The van der Waals surface area contributed by atoms with Crippen molar-refractivity contribution >= 4 is 40.9 Å². The van der Waals surface area contributed by atoms with E-state index >= 15 is 0 Å². The maximum Gasteiger partial charge on any atom is 0.413 e. The first-order chi connectivity index (χ1) is 17.9. The summed E-state index contributed by atoms with van der Waals surface area (Å²) in [6, 6.07) is 7.85. The zero-order chi connectivity index (χ0) is 27.9. The van der Waals surface area contributed by atoms with Gasteiger partial charge in [-0.15, -0.1) is 0 Å². The zero-order valence-electron chi connectivity index (χ0n) is 21.2. The number of amides is 2. The van der Waals surface area contributed by atoms with Gasteiger partial charge in [0.05, 0.1) is 6.33 Å². The van der Waals surface area contributed by atoms with Gasteiger partial charge in [-0.2, -0.15) is 0 Å². The van der Waals surface area contributed by atoms with Gasteiger partial charge in [-0.05, 0) is 26.3 Å². The Balaban J connectivity index is 1.70. The second-order valence-corrected chi connectivity index (χ2v) is 9.26. The number of hydrogen-bond donors (Lipinski definition) is 3. The summed E-state index contributed by atoms with van der Waals surface area (Å²) < 4.78 is 11.8. The van der Waals surface area contributed by atoms with Gasteiger partial charge in [0, 0.05) is 6.54 Å².